The van der Waals surface area contributed by atoms with E-state index in [1.807, 2.05) is 0 Å². The van der Waals surface area contributed by atoms with Gasteiger partial charge in [0.05, 0.1) is 3.79 Å². The molecule has 1 N–H and O–H groups in total. The van der Waals surface area contributed by atoms with Gasteiger partial charge in [0.2, 0.25) is 0 Å². The Bertz CT molecular complexity index is 516. The Labute approximate surface area is 127 Å². The number of rotatable bonds is 2. The summed E-state index contributed by atoms with van der Waals surface area (Å²) in [5.41, 5.74) is 0.258. The van der Waals surface area contributed by atoms with Crippen LogP contribution in [0.2, 0.25) is 0 Å². The molecule has 0 spiro atoms. The minimum atomic E-state index is -0.974. The fraction of sp³-hybridized carbons (Fsp3) is 0.0909. The Morgan fingerprint density at radius 1 is 1.18 bits per heavy atom. The van der Waals surface area contributed by atoms with Crippen molar-refractivity contribution in [2.45, 2.75) is 6.10 Å². The Morgan fingerprint density at radius 3 is 2.41 bits per heavy atom. The van der Waals surface area contributed by atoms with Crippen molar-refractivity contribution in [1.29, 1.82) is 0 Å². The number of aliphatic hydroxyl groups excluding tert-OH is 1. The molecule has 0 aliphatic carbocycles. The van der Waals surface area contributed by atoms with E-state index in [0.717, 1.165) is 8.26 Å². The van der Waals surface area contributed by atoms with Crippen molar-refractivity contribution in [2.75, 3.05) is 0 Å². The van der Waals surface area contributed by atoms with Gasteiger partial charge < -0.3 is 5.11 Å². The molecule has 2 aromatic rings. The monoisotopic (exact) mass is 442 g/mol. The van der Waals surface area contributed by atoms with Crippen molar-refractivity contribution in [3.05, 3.63) is 53.3 Å². The van der Waals surface area contributed by atoms with Crippen molar-refractivity contribution < 1.29 is 9.50 Å². The van der Waals surface area contributed by atoms with E-state index < -0.39 is 11.9 Å². The Hall–Kier alpha value is 0.250. The third kappa shape index (κ3) is 2.81. The summed E-state index contributed by atoms with van der Waals surface area (Å²) >= 11 is 11.3. The molecule has 0 saturated heterocycles. The summed E-state index contributed by atoms with van der Waals surface area (Å²) in [4.78, 5) is 0.676. The van der Waals surface area contributed by atoms with Gasteiger partial charge in [-0.05, 0) is 50.1 Å². The number of halogens is 4. The molecule has 1 nitrogen and oxygen atoms in total. The molecule has 1 heterocycles. The highest BCUT2D eigenvalue weighted by molar-refractivity contribution is 9.13. The molecule has 1 atom stereocenters. The van der Waals surface area contributed by atoms with Crippen LogP contribution in [0.25, 0.3) is 0 Å². The van der Waals surface area contributed by atoms with Crippen LogP contribution in [0, 0.1) is 5.82 Å². The van der Waals surface area contributed by atoms with Gasteiger partial charge in [0, 0.05) is 19.4 Å². The zero-order chi connectivity index (χ0) is 12.6. The standard InChI is InChI=1S/C11H6Br3FOS/c12-5-2-1-3-7(15)9(5)10(16)8-4-6(13)11(14)17-8/h1-4,10,16H. The first kappa shape index (κ1) is 13.7. The summed E-state index contributed by atoms with van der Waals surface area (Å²) < 4.78 is 16.0. The molecule has 0 radical (unpaired) electrons. The summed E-state index contributed by atoms with van der Waals surface area (Å²) in [6.45, 7) is 0. The van der Waals surface area contributed by atoms with Gasteiger partial charge in [-0.15, -0.1) is 11.3 Å². The predicted molar refractivity (Wildman–Crippen MR) is 77.9 cm³/mol. The highest BCUT2D eigenvalue weighted by Gasteiger charge is 2.20. The number of aliphatic hydroxyl groups is 1. The largest absolute Gasteiger partial charge is 0.383 e. The Kier molecular flexibility index (Phi) is 4.41. The van der Waals surface area contributed by atoms with Crippen molar-refractivity contribution in [3.63, 3.8) is 0 Å². The minimum absolute atomic E-state index is 0.258. The normalized spacial score (nSPS) is 12.8. The van der Waals surface area contributed by atoms with E-state index in [1.54, 1.807) is 18.2 Å². The minimum Gasteiger partial charge on any atom is -0.383 e. The SMILES string of the molecule is OC(c1cc(Br)c(Br)s1)c1c(F)cccc1Br. The maximum absolute atomic E-state index is 13.7. The molecule has 0 fully saturated rings. The van der Waals surface area contributed by atoms with Crippen LogP contribution in [0.15, 0.2) is 37.0 Å². The number of hydrogen-bond acceptors (Lipinski definition) is 2. The molecule has 0 bridgehead atoms. The zero-order valence-corrected chi connectivity index (χ0v) is 13.8. The van der Waals surface area contributed by atoms with Crippen LogP contribution >= 0.6 is 59.1 Å². The molecule has 0 amide bonds. The summed E-state index contributed by atoms with van der Waals surface area (Å²) in [6, 6.07) is 6.41. The fourth-order valence-corrected chi connectivity index (χ4v) is 4.06. The quantitative estimate of drug-likeness (QED) is 0.670. The summed E-state index contributed by atoms with van der Waals surface area (Å²) in [7, 11) is 0. The van der Waals surface area contributed by atoms with Crippen LogP contribution in [0.4, 0.5) is 4.39 Å². The van der Waals surface area contributed by atoms with Gasteiger partial charge in [-0.3, -0.25) is 0 Å². The van der Waals surface area contributed by atoms with Crippen LogP contribution < -0.4 is 0 Å². The van der Waals surface area contributed by atoms with Crippen molar-refractivity contribution in [2.24, 2.45) is 0 Å². The number of benzene rings is 1. The molecule has 1 aromatic carbocycles. The molecular formula is C11H6Br3FOS. The molecule has 17 heavy (non-hydrogen) atoms. The van der Waals surface area contributed by atoms with E-state index in [4.69, 9.17) is 0 Å². The van der Waals surface area contributed by atoms with E-state index in [-0.39, 0.29) is 5.56 Å². The maximum Gasteiger partial charge on any atom is 0.130 e. The van der Waals surface area contributed by atoms with Crippen LogP contribution in [-0.2, 0) is 0 Å². The van der Waals surface area contributed by atoms with Crippen molar-refractivity contribution >= 4 is 59.1 Å². The first-order valence-electron chi connectivity index (χ1n) is 4.57. The average Bonchev–Trinajstić information content (AvgIpc) is 2.59. The molecule has 6 heteroatoms. The maximum atomic E-state index is 13.7. The molecular weight excluding hydrogens is 439 g/mol. The van der Waals surface area contributed by atoms with Crippen LogP contribution in [0.5, 0.6) is 0 Å². The van der Waals surface area contributed by atoms with E-state index in [0.29, 0.717) is 9.35 Å². The second-order valence-corrected chi connectivity index (χ2v) is 7.42. The Morgan fingerprint density at radius 2 is 1.88 bits per heavy atom. The predicted octanol–water partition coefficient (Wildman–Crippen LogP) is 5.26. The Balaban J connectivity index is 2.47. The van der Waals surface area contributed by atoms with E-state index in [2.05, 4.69) is 47.8 Å². The van der Waals surface area contributed by atoms with E-state index in [9.17, 15) is 9.50 Å². The number of hydrogen-bond donors (Lipinski definition) is 1. The molecule has 0 aliphatic heterocycles. The smallest absolute Gasteiger partial charge is 0.130 e. The van der Waals surface area contributed by atoms with Crippen LogP contribution in [-0.4, -0.2) is 5.11 Å². The van der Waals surface area contributed by atoms with Gasteiger partial charge in [-0.1, -0.05) is 22.0 Å². The van der Waals surface area contributed by atoms with Gasteiger partial charge in [-0.2, -0.15) is 0 Å². The second kappa shape index (κ2) is 5.48. The van der Waals surface area contributed by atoms with E-state index in [1.165, 1.54) is 17.4 Å². The summed E-state index contributed by atoms with van der Waals surface area (Å²) in [5, 5.41) is 10.2. The molecule has 2 rings (SSSR count). The third-order valence-corrected chi connectivity index (χ3v) is 6.21. The zero-order valence-electron chi connectivity index (χ0n) is 8.25. The van der Waals surface area contributed by atoms with Gasteiger partial charge in [0.15, 0.2) is 0 Å². The fourth-order valence-electron chi connectivity index (χ4n) is 1.41. The van der Waals surface area contributed by atoms with Gasteiger partial charge in [0.1, 0.15) is 11.9 Å². The first-order valence-corrected chi connectivity index (χ1v) is 7.77. The average molecular weight is 445 g/mol. The summed E-state index contributed by atoms with van der Waals surface area (Å²) in [6.07, 6.45) is -0.974. The van der Waals surface area contributed by atoms with E-state index >= 15 is 0 Å². The lowest BCUT2D eigenvalue weighted by atomic mass is 10.1. The highest BCUT2D eigenvalue weighted by atomic mass is 79.9. The summed E-state index contributed by atoms with van der Waals surface area (Å²) in [5.74, 6) is -0.424. The first-order chi connectivity index (χ1) is 8.00. The molecule has 1 unspecified atom stereocenters. The van der Waals surface area contributed by atoms with Crippen molar-refractivity contribution in [1.82, 2.24) is 0 Å². The van der Waals surface area contributed by atoms with Gasteiger partial charge in [-0.25, -0.2) is 4.39 Å². The molecule has 1 aromatic heterocycles. The van der Waals surface area contributed by atoms with Crippen molar-refractivity contribution in [3.8, 4) is 0 Å². The topological polar surface area (TPSA) is 20.2 Å². The van der Waals surface area contributed by atoms with Crippen LogP contribution in [0.1, 0.15) is 16.5 Å². The third-order valence-electron chi connectivity index (χ3n) is 2.21. The lowest BCUT2D eigenvalue weighted by Gasteiger charge is -2.11. The van der Waals surface area contributed by atoms with Gasteiger partial charge >= 0.3 is 0 Å². The molecule has 0 aliphatic rings. The van der Waals surface area contributed by atoms with Crippen LogP contribution in [0.3, 0.4) is 0 Å². The lowest BCUT2D eigenvalue weighted by Crippen LogP contribution is -2.01. The number of thiophene rings is 1. The second-order valence-electron chi connectivity index (χ2n) is 3.31. The molecule has 0 saturated carbocycles. The lowest BCUT2D eigenvalue weighted by molar-refractivity contribution is 0.218. The highest BCUT2D eigenvalue weighted by Crippen LogP contribution is 2.39. The van der Waals surface area contributed by atoms with Gasteiger partial charge in [0.25, 0.3) is 0 Å². The molecule has 90 valence electrons.